The summed E-state index contributed by atoms with van der Waals surface area (Å²) in [5, 5.41) is 10.8. The number of fused-ring (bicyclic) bond motifs is 3. The maximum atomic E-state index is 5.79. The van der Waals surface area contributed by atoms with E-state index in [9.17, 15) is 0 Å². The Morgan fingerprint density at radius 2 is 1.77 bits per heavy atom. The van der Waals surface area contributed by atoms with Gasteiger partial charge in [-0.25, -0.2) is 0 Å². The number of rotatable bonds is 6. The van der Waals surface area contributed by atoms with Crippen molar-refractivity contribution in [1.29, 1.82) is 0 Å². The number of aryl methyl sites for hydroxylation is 1. The summed E-state index contributed by atoms with van der Waals surface area (Å²) < 4.78 is 13.1. The molecule has 4 aromatic rings. The van der Waals surface area contributed by atoms with Crippen molar-refractivity contribution in [2.45, 2.75) is 12.1 Å². The Morgan fingerprint density at radius 3 is 2.58 bits per heavy atom. The van der Waals surface area contributed by atoms with Crippen LogP contribution in [0.3, 0.4) is 0 Å². The average Bonchev–Trinajstić information content (AvgIpc) is 3.09. The van der Waals surface area contributed by atoms with Crippen LogP contribution < -0.4 is 9.47 Å². The molecule has 0 atom stereocenters. The SMILES string of the molecule is COc1ccc(OCCSc2nnc3cc(C)c4ccccc4n23)cc1. The molecule has 5 nitrogen and oxygen atoms in total. The lowest BCUT2D eigenvalue weighted by molar-refractivity contribution is 0.342. The van der Waals surface area contributed by atoms with Crippen LogP contribution in [0.5, 0.6) is 11.5 Å². The number of ether oxygens (including phenoxy) is 2. The highest BCUT2D eigenvalue weighted by Gasteiger charge is 2.11. The van der Waals surface area contributed by atoms with Gasteiger partial charge in [-0.1, -0.05) is 30.0 Å². The van der Waals surface area contributed by atoms with Gasteiger partial charge in [-0.05, 0) is 48.9 Å². The maximum absolute atomic E-state index is 5.79. The van der Waals surface area contributed by atoms with E-state index in [0.717, 1.165) is 33.6 Å². The van der Waals surface area contributed by atoms with E-state index in [2.05, 4.69) is 45.8 Å². The van der Waals surface area contributed by atoms with Crippen LogP contribution in [-0.2, 0) is 0 Å². The van der Waals surface area contributed by atoms with Crippen LogP contribution in [0.2, 0.25) is 0 Å². The summed E-state index contributed by atoms with van der Waals surface area (Å²) in [6.45, 7) is 2.70. The number of para-hydroxylation sites is 1. The minimum Gasteiger partial charge on any atom is -0.497 e. The Balaban J connectivity index is 1.48. The van der Waals surface area contributed by atoms with Crippen LogP contribution in [0.25, 0.3) is 16.6 Å². The first-order valence-electron chi connectivity index (χ1n) is 8.39. The highest BCUT2D eigenvalue weighted by Crippen LogP contribution is 2.25. The molecule has 0 aliphatic rings. The number of hydrogen-bond donors (Lipinski definition) is 0. The zero-order valence-electron chi connectivity index (χ0n) is 14.7. The highest BCUT2D eigenvalue weighted by molar-refractivity contribution is 7.99. The average molecular weight is 365 g/mol. The molecule has 0 fully saturated rings. The molecule has 132 valence electrons. The van der Waals surface area contributed by atoms with Crippen molar-refractivity contribution in [1.82, 2.24) is 14.6 Å². The van der Waals surface area contributed by atoms with Gasteiger partial charge in [-0.15, -0.1) is 10.2 Å². The predicted molar refractivity (Wildman–Crippen MR) is 104 cm³/mol. The molecular formula is C20H19N3O2S. The van der Waals surface area contributed by atoms with Crippen molar-refractivity contribution in [2.75, 3.05) is 19.5 Å². The van der Waals surface area contributed by atoms with Gasteiger partial charge in [0.2, 0.25) is 0 Å². The standard InChI is InChI=1S/C20H19N3O2S/c1-14-13-19-21-22-20(23(19)18-6-4-3-5-17(14)18)26-12-11-25-16-9-7-15(24-2)8-10-16/h3-10,13H,11-12H2,1-2H3. The predicted octanol–water partition coefficient (Wildman–Crippen LogP) is 4.37. The summed E-state index contributed by atoms with van der Waals surface area (Å²) in [5.41, 5.74) is 3.21. The van der Waals surface area contributed by atoms with Crippen LogP contribution in [0, 0.1) is 6.92 Å². The van der Waals surface area contributed by atoms with Gasteiger partial charge in [0.05, 0.1) is 19.2 Å². The van der Waals surface area contributed by atoms with Crippen molar-refractivity contribution in [3.05, 3.63) is 60.2 Å². The number of thioether (sulfide) groups is 1. The molecule has 0 unspecified atom stereocenters. The number of nitrogens with zero attached hydrogens (tertiary/aromatic N) is 3. The van der Waals surface area contributed by atoms with E-state index in [1.807, 2.05) is 30.3 Å². The molecule has 4 rings (SSSR count). The molecule has 0 saturated carbocycles. The smallest absolute Gasteiger partial charge is 0.196 e. The minimum atomic E-state index is 0.593. The number of methoxy groups -OCH3 is 1. The van der Waals surface area contributed by atoms with Gasteiger partial charge in [-0.3, -0.25) is 4.40 Å². The molecule has 26 heavy (non-hydrogen) atoms. The number of pyridine rings is 1. The molecule has 2 aromatic heterocycles. The summed E-state index contributed by atoms with van der Waals surface area (Å²) >= 11 is 1.64. The van der Waals surface area contributed by atoms with Gasteiger partial charge in [0.25, 0.3) is 0 Å². The summed E-state index contributed by atoms with van der Waals surface area (Å²) in [6.07, 6.45) is 0. The highest BCUT2D eigenvalue weighted by atomic mass is 32.2. The molecule has 2 aromatic carbocycles. The number of aromatic nitrogens is 3. The van der Waals surface area contributed by atoms with E-state index >= 15 is 0 Å². The minimum absolute atomic E-state index is 0.593. The zero-order chi connectivity index (χ0) is 17.9. The van der Waals surface area contributed by atoms with E-state index in [0.29, 0.717) is 6.61 Å². The van der Waals surface area contributed by atoms with E-state index < -0.39 is 0 Å². The fourth-order valence-corrected chi connectivity index (χ4v) is 3.70. The Kier molecular flexibility index (Phi) is 4.67. The first kappa shape index (κ1) is 16.7. The number of hydrogen-bond acceptors (Lipinski definition) is 5. The first-order chi connectivity index (χ1) is 12.8. The summed E-state index contributed by atoms with van der Waals surface area (Å²) in [7, 11) is 1.65. The van der Waals surface area contributed by atoms with Gasteiger partial charge in [0.15, 0.2) is 10.8 Å². The largest absolute Gasteiger partial charge is 0.497 e. The van der Waals surface area contributed by atoms with Crippen LogP contribution in [-0.4, -0.2) is 34.1 Å². The lowest BCUT2D eigenvalue weighted by atomic mass is 10.1. The normalized spacial score (nSPS) is 11.2. The second kappa shape index (κ2) is 7.25. The Bertz CT molecular complexity index is 1040. The van der Waals surface area contributed by atoms with E-state index in [1.165, 1.54) is 10.9 Å². The van der Waals surface area contributed by atoms with E-state index in [1.54, 1.807) is 18.9 Å². The molecule has 0 aliphatic heterocycles. The third-order valence-corrected chi connectivity index (χ3v) is 5.11. The van der Waals surface area contributed by atoms with Crippen molar-refractivity contribution >= 4 is 28.3 Å². The fourth-order valence-electron chi connectivity index (χ4n) is 2.93. The Labute approximate surface area is 156 Å². The van der Waals surface area contributed by atoms with Crippen molar-refractivity contribution in [3.8, 4) is 11.5 Å². The molecule has 0 saturated heterocycles. The van der Waals surface area contributed by atoms with E-state index in [-0.39, 0.29) is 0 Å². The van der Waals surface area contributed by atoms with Crippen molar-refractivity contribution < 1.29 is 9.47 Å². The summed E-state index contributed by atoms with van der Waals surface area (Å²) in [4.78, 5) is 0. The summed E-state index contributed by atoms with van der Waals surface area (Å²) in [6, 6.07) is 18.0. The maximum Gasteiger partial charge on any atom is 0.196 e. The van der Waals surface area contributed by atoms with Gasteiger partial charge in [-0.2, -0.15) is 0 Å². The number of benzene rings is 2. The van der Waals surface area contributed by atoms with Crippen LogP contribution >= 0.6 is 11.8 Å². The Hall–Kier alpha value is -2.73. The molecule has 0 bridgehead atoms. The van der Waals surface area contributed by atoms with Crippen LogP contribution in [0.15, 0.2) is 59.8 Å². The zero-order valence-corrected chi connectivity index (χ0v) is 15.5. The molecule has 0 amide bonds. The molecule has 0 radical (unpaired) electrons. The molecule has 2 heterocycles. The molecule has 0 aliphatic carbocycles. The third kappa shape index (κ3) is 3.20. The van der Waals surface area contributed by atoms with Crippen LogP contribution in [0.4, 0.5) is 0 Å². The van der Waals surface area contributed by atoms with Crippen molar-refractivity contribution in [3.63, 3.8) is 0 Å². The lowest BCUT2D eigenvalue weighted by Crippen LogP contribution is -2.01. The van der Waals surface area contributed by atoms with Gasteiger partial charge in [0, 0.05) is 11.1 Å². The third-order valence-electron chi connectivity index (χ3n) is 4.22. The van der Waals surface area contributed by atoms with Gasteiger partial charge in [0.1, 0.15) is 11.5 Å². The second-order valence-corrected chi connectivity index (χ2v) is 6.96. The molecular weight excluding hydrogens is 346 g/mol. The molecule has 0 spiro atoms. The lowest BCUT2D eigenvalue weighted by Gasteiger charge is -2.08. The van der Waals surface area contributed by atoms with Gasteiger partial charge < -0.3 is 9.47 Å². The quantitative estimate of drug-likeness (QED) is 0.375. The topological polar surface area (TPSA) is 48.7 Å². The molecule has 6 heteroatoms. The van der Waals surface area contributed by atoms with Gasteiger partial charge >= 0.3 is 0 Å². The summed E-state index contributed by atoms with van der Waals surface area (Å²) in [5.74, 6) is 2.44. The van der Waals surface area contributed by atoms with Crippen LogP contribution in [0.1, 0.15) is 5.56 Å². The fraction of sp³-hybridized carbons (Fsp3) is 0.200. The van der Waals surface area contributed by atoms with E-state index in [4.69, 9.17) is 9.47 Å². The first-order valence-corrected chi connectivity index (χ1v) is 9.38. The second-order valence-electron chi connectivity index (χ2n) is 5.89. The van der Waals surface area contributed by atoms with Crippen molar-refractivity contribution in [2.24, 2.45) is 0 Å². The monoisotopic (exact) mass is 365 g/mol. The Morgan fingerprint density at radius 1 is 1.00 bits per heavy atom. The molecule has 0 N–H and O–H groups in total.